The third kappa shape index (κ3) is 3.24. The molecule has 0 aromatic carbocycles. The average molecular weight is 336 g/mol. The Hall–Kier alpha value is -3.13. The van der Waals surface area contributed by atoms with E-state index in [1.54, 1.807) is 43.0 Å². The Morgan fingerprint density at radius 3 is 2.60 bits per heavy atom. The topological polar surface area (TPSA) is 96.9 Å². The van der Waals surface area contributed by atoms with Crippen molar-refractivity contribution in [3.05, 3.63) is 53.3 Å². The van der Waals surface area contributed by atoms with Crippen LogP contribution in [0.15, 0.2) is 47.8 Å². The Bertz CT molecular complexity index is 922. The Morgan fingerprint density at radius 2 is 1.84 bits per heavy atom. The molecule has 1 fully saturated rings. The Labute approximate surface area is 143 Å². The lowest BCUT2D eigenvalue weighted by Crippen LogP contribution is -2.37. The third-order valence-corrected chi connectivity index (χ3v) is 3.97. The molecule has 4 heterocycles. The number of anilines is 1. The SMILES string of the molecule is O=c1[nH]c(-c2ccncc2)ncc1-c1ccnc(N2CCOCC2)n1. The number of pyridine rings is 1. The molecule has 4 rings (SSSR count). The highest BCUT2D eigenvalue weighted by atomic mass is 16.5. The summed E-state index contributed by atoms with van der Waals surface area (Å²) >= 11 is 0. The van der Waals surface area contributed by atoms with E-state index in [0.29, 0.717) is 36.2 Å². The van der Waals surface area contributed by atoms with Crippen molar-refractivity contribution in [2.24, 2.45) is 0 Å². The zero-order valence-electron chi connectivity index (χ0n) is 13.4. The molecule has 0 spiro atoms. The molecule has 0 aliphatic carbocycles. The van der Waals surface area contributed by atoms with Gasteiger partial charge in [-0.2, -0.15) is 0 Å². The van der Waals surface area contributed by atoms with Gasteiger partial charge in [0.2, 0.25) is 5.95 Å². The number of H-pyrrole nitrogens is 1. The van der Waals surface area contributed by atoms with Crippen LogP contribution in [0.25, 0.3) is 22.6 Å². The molecule has 0 saturated carbocycles. The zero-order chi connectivity index (χ0) is 17.1. The molecule has 0 radical (unpaired) electrons. The van der Waals surface area contributed by atoms with E-state index in [-0.39, 0.29) is 5.56 Å². The molecule has 1 saturated heterocycles. The minimum atomic E-state index is -0.242. The molecule has 0 amide bonds. The second kappa shape index (κ2) is 6.78. The summed E-state index contributed by atoms with van der Waals surface area (Å²) in [5.41, 5.74) is 1.52. The van der Waals surface area contributed by atoms with Gasteiger partial charge >= 0.3 is 0 Å². The van der Waals surface area contributed by atoms with Crippen LogP contribution >= 0.6 is 0 Å². The molecule has 1 aliphatic heterocycles. The van der Waals surface area contributed by atoms with Crippen LogP contribution in [0.2, 0.25) is 0 Å². The van der Waals surface area contributed by atoms with E-state index < -0.39 is 0 Å². The minimum absolute atomic E-state index is 0.242. The van der Waals surface area contributed by atoms with Crippen molar-refractivity contribution in [2.75, 3.05) is 31.2 Å². The molecule has 8 heteroatoms. The molecule has 3 aromatic rings. The summed E-state index contributed by atoms with van der Waals surface area (Å²) in [6.07, 6.45) is 6.51. The third-order valence-electron chi connectivity index (χ3n) is 3.97. The van der Waals surface area contributed by atoms with E-state index in [4.69, 9.17) is 4.74 Å². The van der Waals surface area contributed by atoms with E-state index in [9.17, 15) is 4.79 Å². The molecule has 0 atom stereocenters. The lowest BCUT2D eigenvalue weighted by molar-refractivity contribution is 0.122. The summed E-state index contributed by atoms with van der Waals surface area (Å²) in [5.74, 6) is 1.09. The lowest BCUT2D eigenvalue weighted by Gasteiger charge is -2.26. The monoisotopic (exact) mass is 336 g/mol. The highest BCUT2D eigenvalue weighted by molar-refractivity contribution is 5.61. The molecule has 0 bridgehead atoms. The highest BCUT2D eigenvalue weighted by Crippen LogP contribution is 2.17. The van der Waals surface area contributed by atoms with Crippen LogP contribution in [0.3, 0.4) is 0 Å². The smallest absolute Gasteiger partial charge is 0.260 e. The van der Waals surface area contributed by atoms with Crippen molar-refractivity contribution in [3.63, 3.8) is 0 Å². The van der Waals surface area contributed by atoms with Gasteiger partial charge in [0.15, 0.2) is 0 Å². The molecule has 8 nitrogen and oxygen atoms in total. The van der Waals surface area contributed by atoms with Crippen LogP contribution in [0, 0.1) is 0 Å². The van der Waals surface area contributed by atoms with Crippen LogP contribution in [0.1, 0.15) is 0 Å². The largest absolute Gasteiger partial charge is 0.378 e. The second-order valence-electron chi connectivity index (χ2n) is 5.55. The first-order chi connectivity index (χ1) is 12.3. The number of hydrogen-bond acceptors (Lipinski definition) is 7. The van der Waals surface area contributed by atoms with Gasteiger partial charge in [-0.25, -0.2) is 15.0 Å². The predicted octanol–water partition coefficient (Wildman–Crippen LogP) is 1.13. The zero-order valence-corrected chi connectivity index (χ0v) is 13.4. The molecule has 25 heavy (non-hydrogen) atoms. The number of aromatic nitrogens is 5. The van der Waals surface area contributed by atoms with Crippen molar-refractivity contribution in [3.8, 4) is 22.6 Å². The van der Waals surface area contributed by atoms with Crippen molar-refractivity contribution in [1.82, 2.24) is 24.9 Å². The first-order valence-electron chi connectivity index (χ1n) is 7.97. The van der Waals surface area contributed by atoms with Crippen LogP contribution in [0.4, 0.5) is 5.95 Å². The van der Waals surface area contributed by atoms with Crippen molar-refractivity contribution < 1.29 is 4.74 Å². The van der Waals surface area contributed by atoms with Gasteiger partial charge in [-0.3, -0.25) is 9.78 Å². The first kappa shape index (κ1) is 15.4. The van der Waals surface area contributed by atoms with Gasteiger partial charge in [-0.1, -0.05) is 0 Å². The summed E-state index contributed by atoms with van der Waals surface area (Å²) in [6.45, 7) is 2.77. The average Bonchev–Trinajstić information content (AvgIpc) is 2.69. The van der Waals surface area contributed by atoms with Gasteiger partial charge in [0.1, 0.15) is 5.82 Å². The van der Waals surface area contributed by atoms with E-state index in [2.05, 4.69) is 24.9 Å². The summed E-state index contributed by atoms with van der Waals surface area (Å²) in [6, 6.07) is 5.29. The number of nitrogens with zero attached hydrogens (tertiary/aromatic N) is 5. The maximum Gasteiger partial charge on any atom is 0.260 e. The van der Waals surface area contributed by atoms with Crippen LogP contribution in [-0.4, -0.2) is 51.2 Å². The summed E-state index contributed by atoms with van der Waals surface area (Å²) < 4.78 is 5.34. The fourth-order valence-electron chi connectivity index (χ4n) is 2.65. The molecule has 1 N–H and O–H groups in total. The Balaban J connectivity index is 1.67. The number of aromatic amines is 1. The molecule has 1 aliphatic rings. The number of rotatable bonds is 3. The normalized spacial score (nSPS) is 14.5. The highest BCUT2D eigenvalue weighted by Gasteiger charge is 2.15. The van der Waals surface area contributed by atoms with Gasteiger partial charge in [-0.15, -0.1) is 0 Å². The second-order valence-corrected chi connectivity index (χ2v) is 5.55. The Kier molecular flexibility index (Phi) is 4.17. The minimum Gasteiger partial charge on any atom is -0.378 e. The van der Waals surface area contributed by atoms with Gasteiger partial charge < -0.3 is 14.6 Å². The van der Waals surface area contributed by atoms with Crippen molar-refractivity contribution in [1.29, 1.82) is 0 Å². The van der Waals surface area contributed by atoms with Crippen LogP contribution < -0.4 is 10.5 Å². The van der Waals surface area contributed by atoms with E-state index in [1.807, 2.05) is 4.90 Å². The fraction of sp³-hybridized carbons (Fsp3) is 0.235. The van der Waals surface area contributed by atoms with Gasteiger partial charge in [0.25, 0.3) is 5.56 Å². The first-order valence-corrected chi connectivity index (χ1v) is 7.97. The summed E-state index contributed by atoms with van der Waals surface area (Å²) in [4.78, 5) is 34.5. The van der Waals surface area contributed by atoms with E-state index in [0.717, 1.165) is 18.7 Å². The Morgan fingerprint density at radius 1 is 1.04 bits per heavy atom. The maximum absolute atomic E-state index is 12.5. The van der Waals surface area contributed by atoms with Gasteiger partial charge in [-0.05, 0) is 18.2 Å². The number of nitrogens with one attached hydrogen (secondary N) is 1. The quantitative estimate of drug-likeness (QED) is 0.765. The standard InChI is InChI=1S/C17H16N6O2/c24-16-13(11-20-15(22-16)12-1-4-18-5-2-12)14-3-6-19-17(21-14)23-7-9-25-10-8-23/h1-6,11H,7-10H2,(H,20,22,24). The number of hydrogen-bond donors (Lipinski definition) is 1. The van der Waals surface area contributed by atoms with Crippen LogP contribution in [-0.2, 0) is 4.74 Å². The number of morpholine rings is 1. The fourth-order valence-corrected chi connectivity index (χ4v) is 2.65. The van der Waals surface area contributed by atoms with Crippen molar-refractivity contribution >= 4 is 5.95 Å². The maximum atomic E-state index is 12.5. The van der Waals surface area contributed by atoms with Crippen molar-refractivity contribution in [2.45, 2.75) is 0 Å². The summed E-state index contributed by atoms with van der Waals surface area (Å²) in [7, 11) is 0. The predicted molar refractivity (Wildman–Crippen MR) is 92.1 cm³/mol. The van der Waals surface area contributed by atoms with E-state index >= 15 is 0 Å². The van der Waals surface area contributed by atoms with Gasteiger partial charge in [0.05, 0.1) is 24.5 Å². The molecular formula is C17H16N6O2. The lowest BCUT2D eigenvalue weighted by atomic mass is 10.2. The summed E-state index contributed by atoms with van der Waals surface area (Å²) in [5, 5.41) is 0. The number of ether oxygens (including phenoxy) is 1. The molecular weight excluding hydrogens is 320 g/mol. The molecule has 0 unspecified atom stereocenters. The van der Waals surface area contributed by atoms with Crippen LogP contribution in [0.5, 0.6) is 0 Å². The van der Waals surface area contributed by atoms with Gasteiger partial charge in [0, 0.05) is 43.4 Å². The van der Waals surface area contributed by atoms with E-state index in [1.165, 1.54) is 0 Å². The molecule has 126 valence electrons. The molecule has 3 aromatic heterocycles.